The molecule has 4 heterocycles. The first kappa shape index (κ1) is 12.0. The predicted octanol–water partition coefficient (Wildman–Crippen LogP) is 4.56. The minimum atomic E-state index is 1.18. The quantitative estimate of drug-likeness (QED) is 0.401. The monoisotopic (exact) mass is 301 g/mol. The van der Waals surface area contributed by atoms with Crippen molar-refractivity contribution in [1.29, 1.82) is 0 Å². The zero-order valence-corrected chi connectivity index (χ0v) is 12.6. The van der Waals surface area contributed by atoms with Gasteiger partial charge in [0.05, 0.1) is 6.20 Å². The number of hydrogen-bond acceptors (Lipinski definition) is 1. The smallest absolute Gasteiger partial charge is 0.202 e. The number of fused-ring (bicyclic) bond motifs is 5. The van der Waals surface area contributed by atoms with Crippen molar-refractivity contribution in [2.45, 2.75) is 0 Å². The second-order valence-electron chi connectivity index (χ2n) is 5.44. The highest BCUT2D eigenvalue weighted by Crippen LogP contribution is 2.30. The molecule has 104 valence electrons. The van der Waals surface area contributed by atoms with Gasteiger partial charge < -0.3 is 0 Å². The van der Waals surface area contributed by atoms with Crippen LogP contribution in [0.4, 0.5) is 0 Å². The lowest BCUT2D eigenvalue weighted by Gasteiger charge is -2.03. The molecule has 1 aromatic carbocycles. The van der Waals surface area contributed by atoms with Gasteiger partial charge in [0.1, 0.15) is 11.9 Å². The molecule has 0 saturated carbocycles. The molecule has 0 saturated heterocycles. The molecular formula is C19H13N2S+. The second kappa shape index (κ2) is 4.42. The molecule has 5 rings (SSSR count). The Morgan fingerprint density at radius 3 is 2.77 bits per heavy atom. The van der Waals surface area contributed by atoms with Gasteiger partial charge in [-0.1, -0.05) is 24.3 Å². The lowest BCUT2D eigenvalue weighted by Crippen LogP contribution is -2.16. The van der Waals surface area contributed by atoms with Crippen LogP contribution >= 0.6 is 11.3 Å². The largest absolute Gasteiger partial charge is 0.291 e. The van der Waals surface area contributed by atoms with Gasteiger partial charge in [0.15, 0.2) is 5.52 Å². The van der Waals surface area contributed by atoms with Crippen molar-refractivity contribution < 1.29 is 4.40 Å². The van der Waals surface area contributed by atoms with Crippen LogP contribution in [0.1, 0.15) is 0 Å². The molecule has 0 amide bonds. The van der Waals surface area contributed by atoms with Crippen LogP contribution < -0.4 is 4.40 Å². The molecule has 0 spiro atoms. The Balaban J connectivity index is 2.09. The van der Waals surface area contributed by atoms with Gasteiger partial charge in [-0.15, -0.1) is 0 Å². The molecular weight excluding hydrogens is 288 g/mol. The molecule has 3 heteroatoms. The van der Waals surface area contributed by atoms with Gasteiger partial charge in [-0.25, -0.2) is 4.40 Å². The minimum absolute atomic E-state index is 1.18. The van der Waals surface area contributed by atoms with Gasteiger partial charge >= 0.3 is 0 Å². The normalized spacial score (nSPS) is 11.6. The molecule has 0 radical (unpaired) electrons. The average Bonchev–Trinajstić information content (AvgIpc) is 3.22. The number of imidazole rings is 1. The topological polar surface area (TPSA) is 8.51 Å². The molecule has 0 N–H and O–H groups in total. The fraction of sp³-hybridized carbons (Fsp3) is 0. The highest BCUT2D eigenvalue weighted by Gasteiger charge is 2.19. The average molecular weight is 301 g/mol. The maximum atomic E-state index is 2.35. The maximum absolute atomic E-state index is 2.35. The zero-order chi connectivity index (χ0) is 14.5. The summed E-state index contributed by atoms with van der Waals surface area (Å²) >= 11 is 1.74. The Morgan fingerprint density at radius 1 is 0.955 bits per heavy atom. The van der Waals surface area contributed by atoms with E-state index in [2.05, 4.69) is 86.6 Å². The molecule has 0 fully saturated rings. The van der Waals surface area contributed by atoms with Crippen LogP contribution in [-0.4, -0.2) is 4.40 Å². The summed E-state index contributed by atoms with van der Waals surface area (Å²) < 4.78 is 4.54. The van der Waals surface area contributed by atoms with E-state index in [0.717, 1.165) is 0 Å². The highest BCUT2D eigenvalue weighted by atomic mass is 32.1. The van der Waals surface area contributed by atoms with Crippen molar-refractivity contribution in [1.82, 2.24) is 4.40 Å². The molecule has 4 aromatic heterocycles. The summed E-state index contributed by atoms with van der Waals surface area (Å²) in [5.41, 5.74) is 4.93. The SMILES string of the molecule is c1ccc2c(c1)cc(-c1ccsc1)n1c2c[n+]2ccccc12. The lowest BCUT2D eigenvalue weighted by atomic mass is 10.1. The van der Waals surface area contributed by atoms with E-state index < -0.39 is 0 Å². The van der Waals surface area contributed by atoms with Gasteiger partial charge in [-0.3, -0.25) is 0 Å². The van der Waals surface area contributed by atoms with E-state index in [1.165, 1.54) is 33.2 Å². The van der Waals surface area contributed by atoms with E-state index in [4.69, 9.17) is 0 Å². The molecule has 2 nitrogen and oxygen atoms in total. The van der Waals surface area contributed by atoms with Crippen LogP contribution in [0.2, 0.25) is 0 Å². The van der Waals surface area contributed by atoms with Gasteiger partial charge in [0.25, 0.3) is 5.65 Å². The van der Waals surface area contributed by atoms with Crippen molar-refractivity contribution in [2.24, 2.45) is 0 Å². The van der Waals surface area contributed by atoms with Crippen LogP contribution in [0.15, 0.2) is 77.8 Å². The predicted molar refractivity (Wildman–Crippen MR) is 91.4 cm³/mol. The van der Waals surface area contributed by atoms with Crippen LogP contribution in [0.25, 0.3) is 33.2 Å². The molecule has 0 atom stereocenters. The number of thiophene rings is 1. The van der Waals surface area contributed by atoms with Crippen LogP contribution in [0, 0.1) is 0 Å². The third-order valence-corrected chi connectivity index (χ3v) is 4.87. The van der Waals surface area contributed by atoms with E-state index >= 15 is 0 Å². The number of pyridine rings is 2. The fourth-order valence-electron chi connectivity index (χ4n) is 3.19. The van der Waals surface area contributed by atoms with Gasteiger partial charge in [0.2, 0.25) is 0 Å². The fourth-order valence-corrected chi connectivity index (χ4v) is 3.84. The number of aromatic nitrogens is 2. The van der Waals surface area contributed by atoms with E-state index in [9.17, 15) is 0 Å². The van der Waals surface area contributed by atoms with Gasteiger partial charge in [-0.2, -0.15) is 15.7 Å². The van der Waals surface area contributed by atoms with Gasteiger partial charge in [-0.05, 0) is 35.0 Å². The Labute approximate surface area is 131 Å². The van der Waals surface area contributed by atoms with Crippen LogP contribution in [0.3, 0.4) is 0 Å². The molecule has 0 aliphatic heterocycles. The summed E-state index contributed by atoms with van der Waals surface area (Å²) in [6.45, 7) is 0. The summed E-state index contributed by atoms with van der Waals surface area (Å²) in [6, 6.07) is 19.4. The van der Waals surface area contributed by atoms with Crippen LogP contribution in [-0.2, 0) is 0 Å². The van der Waals surface area contributed by atoms with Crippen molar-refractivity contribution >= 4 is 33.3 Å². The van der Waals surface area contributed by atoms with E-state index in [0.29, 0.717) is 0 Å². The van der Waals surface area contributed by atoms with Gasteiger partial charge in [0, 0.05) is 22.4 Å². The van der Waals surface area contributed by atoms with E-state index in [-0.39, 0.29) is 0 Å². The first-order chi connectivity index (χ1) is 10.9. The van der Waals surface area contributed by atoms with E-state index in [1.54, 1.807) is 11.3 Å². The minimum Gasteiger partial charge on any atom is -0.202 e. The third-order valence-electron chi connectivity index (χ3n) is 4.19. The highest BCUT2D eigenvalue weighted by molar-refractivity contribution is 7.08. The van der Waals surface area contributed by atoms with Crippen molar-refractivity contribution in [3.05, 3.63) is 77.8 Å². The Hall–Kier alpha value is -2.65. The van der Waals surface area contributed by atoms with Crippen molar-refractivity contribution in [3.8, 4) is 11.3 Å². The summed E-state index contributed by atoms with van der Waals surface area (Å²) in [5, 5.41) is 6.91. The first-order valence-corrected chi connectivity index (χ1v) is 8.22. The molecule has 22 heavy (non-hydrogen) atoms. The molecule has 0 aliphatic rings. The lowest BCUT2D eigenvalue weighted by molar-refractivity contribution is -0.509. The third kappa shape index (κ3) is 1.57. The standard InChI is InChI=1S/C19H13N2S/c1-2-6-16-14(5-1)11-17(15-8-10-22-13-15)21-18(16)12-20-9-4-3-7-19(20)21/h1-13H/q+1. The van der Waals surface area contributed by atoms with Crippen LogP contribution in [0.5, 0.6) is 0 Å². The number of hydrogen-bond donors (Lipinski definition) is 0. The molecule has 0 bridgehead atoms. The number of nitrogens with zero attached hydrogens (tertiary/aromatic N) is 2. The molecule has 0 aliphatic carbocycles. The Kier molecular flexibility index (Phi) is 2.40. The second-order valence-corrected chi connectivity index (χ2v) is 6.22. The summed E-state index contributed by atoms with van der Waals surface area (Å²) in [5.74, 6) is 0. The Bertz CT molecular complexity index is 1120. The summed E-state index contributed by atoms with van der Waals surface area (Å²) in [6.07, 6.45) is 4.32. The number of benzene rings is 1. The maximum Gasteiger partial charge on any atom is 0.291 e. The molecule has 0 unspecified atom stereocenters. The van der Waals surface area contributed by atoms with Crippen molar-refractivity contribution in [2.75, 3.05) is 0 Å². The van der Waals surface area contributed by atoms with E-state index in [1.807, 2.05) is 0 Å². The summed E-state index contributed by atoms with van der Waals surface area (Å²) in [7, 11) is 0. The van der Waals surface area contributed by atoms with Crippen molar-refractivity contribution in [3.63, 3.8) is 0 Å². The molecule has 5 aromatic rings. The number of rotatable bonds is 1. The zero-order valence-electron chi connectivity index (χ0n) is 11.8. The Morgan fingerprint density at radius 2 is 1.86 bits per heavy atom. The first-order valence-electron chi connectivity index (χ1n) is 7.27. The summed E-state index contributed by atoms with van der Waals surface area (Å²) in [4.78, 5) is 0.